The summed E-state index contributed by atoms with van der Waals surface area (Å²) in [5.41, 5.74) is 6.81. The zero-order valence-corrected chi connectivity index (χ0v) is 12.9. The van der Waals surface area contributed by atoms with Gasteiger partial charge in [0, 0.05) is 0 Å². The fraction of sp³-hybridized carbons (Fsp3) is 0.368. The molecule has 0 fully saturated rings. The van der Waals surface area contributed by atoms with Crippen LogP contribution >= 0.6 is 0 Å². The summed E-state index contributed by atoms with van der Waals surface area (Å²) < 4.78 is 5.54. The second-order valence-electron chi connectivity index (χ2n) is 5.56. The normalized spacial score (nSPS) is 15.0. The molecule has 0 saturated carbocycles. The molecule has 21 heavy (non-hydrogen) atoms. The topological polar surface area (TPSA) is 21.3 Å². The predicted molar refractivity (Wildman–Crippen MR) is 86.3 cm³/mol. The van der Waals surface area contributed by atoms with Crippen molar-refractivity contribution in [1.29, 1.82) is 0 Å². The van der Waals surface area contributed by atoms with E-state index in [1.165, 1.54) is 27.8 Å². The number of fused-ring (bicyclic) bond motifs is 1. The van der Waals surface area contributed by atoms with Crippen molar-refractivity contribution in [1.82, 2.24) is 5.32 Å². The summed E-state index contributed by atoms with van der Waals surface area (Å²) in [6.07, 6.45) is 1.06. The maximum Gasteiger partial charge on any atom is 0.0725 e. The molecule has 0 bridgehead atoms. The van der Waals surface area contributed by atoms with Crippen molar-refractivity contribution in [3.8, 4) is 0 Å². The van der Waals surface area contributed by atoms with E-state index < -0.39 is 0 Å². The van der Waals surface area contributed by atoms with E-state index in [-0.39, 0.29) is 6.04 Å². The van der Waals surface area contributed by atoms with Crippen molar-refractivity contribution >= 4 is 0 Å². The highest BCUT2D eigenvalue weighted by molar-refractivity contribution is 5.41. The van der Waals surface area contributed by atoms with Crippen molar-refractivity contribution < 1.29 is 4.74 Å². The first-order valence-corrected chi connectivity index (χ1v) is 7.84. The Labute approximate surface area is 127 Å². The molecule has 0 radical (unpaired) electrons. The summed E-state index contributed by atoms with van der Waals surface area (Å²) in [6.45, 7) is 6.84. The lowest BCUT2D eigenvalue weighted by molar-refractivity contribution is 0.134. The molecule has 1 aliphatic heterocycles. The maximum absolute atomic E-state index is 5.54. The summed E-state index contributed by atoms with van der Waals surface area (Å²) in [5.74, 6) is 0. The second-order valence-corrected chi connectivity index (χ2v) is 5.56. The lowest BCUT2D eigenvalue weighted by Crippen LogP contribution is -2.23. The summed E-state index contributed by atoms with van der Waals surface area (Å²) in [4.78, 5) is 0. The van der Waals surface area contributed by atoms with Crippen molar-refractivity contribution in [2.45, 2.75) is 39.5 Å². The smallest absolute Gasteiger partial charge is 0.0725 e. The predicted octanol–water partition coefficient (Wildman–Crippen LogP) is 3.98. The molecule has 2 heteroatoms. The van der Waals surface area contributed by atoms with E-state index in [4.69, 9.17) is 4.74 Å². The first kappa shape index (κ1) is 14.3. The number of hydrogen-bond donors (Lipinski definition) is 1. The van der Waals surface area contributed by atoms with Gasteiger partial charge in [0.15, 0.2) is 0 Å². The highest BCUT2D eigenvalue weighted by Crippen LogP contribution is 2.29. The van der Waals surface area contributed by atoms with Crippen molar-refractivity contribution in [2.75, 3.05) is 6.54 Å². The fourth-order valence-electron chi connectivity index (χ4n) is 3.12. The Bertz CT molecular complexity index is 621. The van der Waals surface area contributed by atoms with Gasteiger partial charge in [-0.3, -0.25) is 0 Å². The minimum Gasteiger partial charge on any atom is -0.372 e. The van der Waals surface area contributed by atoms with Gasteiger partial charge in [-0.2, -0.15) is 0 Å². The van der Waals surface area contributed by atoms with Crippen molar-refractivity contribution in [3.63, 3.8) is 0 Å². The summed E-state index contributed by atoms with van der Waals surface area (Å²) in [6, 6.07) is 15.8. The first-order valence-electron chi connectivity index (χ1n) is 7.84. The van der Waals surface area contributed by atoms with E-state index in [2.05, 4.69) is 61.6 Å². The Morgan fingerprint density at radius 1 is 1.05 bits per heavy atom. The minimum atomic E-state index is 0.261. The Hall–Kier alpha value is -1.64. The largest absolute Gasteiger partial charge is 0.372 e. The van der Waals surface area contributed by atoms with E-state index in [0.717, 1.165) is 26.2 Å². The standard InChI is InChI=1S/C19H23NO/c1-3-14-7-5-6-8-18(14)19(20-4-2)15-9-10-16-12-21-13-17(16)11-15/h5-11,19-20H,3-4,12-13H2,1-2H3. The molecule has 0 aromatic heterocycles. The van der Waals surface area contributed by atoms with Crippen LogP contribution in [0, 0.1) is 0 Å². The van der Waals surface area contributed by atoms with Gasteiger partial charge in [-0.15, -0.1) is 0 Å². The molecule has 110 valence electrons. The molecule has 3 rings (SSSR count). The van der Waals surface area contributed by atoms with Crippen LogP contribution in [0.25, 0.3) is 0 Å². The van der Waals surface area contributed by atoms with E-state index in [9.17, 15) is 0 Å². The van der Waals surface area contributed by atoms with Gasteiger partial charge < -0.3 is 10.1 Å². The molecule has 0 amide bonds. The molecule has 0 spiro atoms. The second kappa shape index (κ2) is 6.42. The number of aryl methyl sites for hydroxylation is 1. The van der Waals surface area contributed by atoms with Crippen LogP contribution in [-0.4, -0.2) is 6.54 Å². The molecule has 1 heterocycles. The summed E-state index contributed by atoms with van der Waals surface area (Å²) in [5, 5.41) is 3.64. The molecule has 2 aromatic carbocycles. The number of ether oxygens (including phenoxy) is 1. The zero-order chi connectivity index (χ0) is 14.7. The van der Waals surface area contributed by atoms with E-state index in [0.29, 0.717) is 0 Å². The fourth-order valence-corrected chi connectivity index (χ4v) is 3.12. The zero-order valence-electron chi connectivity index (χ0n) is 12.9. The Balaban J connectivity index is 2.01. The average Bonchev–Trinajstić information content (AvgIpc) is 3.00. The van der Waals surface area contributed by atoms with Gasteiger partial charge >= 0.3 is 0 Å². The summed E-state index contributed by atoms with van der Waals surface area (Å²) in [7, 11) is 0. The molecule has 1 atom stereocenters. The van der Waals surface area contributed by atoms with Gasteiger partial charge in [-0.25, -0.2) is 0 Å². The monoisotopic (exact) mass is 281 g/mol. The van der Waals surface area contributed by atoms with E-state index in [1.54, 1.807) is 0 Å². The van der Waals surface area contributed by atoms with Gasteiger partial charge in [-0.05, 0) is 40.8 Å². The SMILES string of the molecule is CCNC(c1ccc2c(c1)COC2)c1ccccc1CC. The van der Waals surface area contributed by atoms with Crippen LogP contribution in [-0.2, 0) is 24.4 Å². The highest BCUT2D eigenvalue weighted by atomic mass is 16.5. The maximum atomic E-state index is 5.54. The lowest BCUT2D eigenvalue weighted by atomic mass is 9.91. The van der Waals surface area contributed by atoms with Gasteiger partial charge in [-0.1, -0.05) is 56.3 Å². The van der Waals surface area contributed by atoms with Crippen molar-refractivity contribution in [2.24, 2.45) is 0 Å². The quantitative estimate of drug-likeness (QED) is 0.895. The average molecular weight is 281 g/mol. The van der Waals surface area contributed by atoms with Crippen LogP contribution in [0.15, 0.2) is 42.5 Å². The van der Waals surface area contributed by atoms with Crippen LogP contribution in [0.2, 0.25) is 0 Å². The Morgan fingerprint density at radius 3 is 2.67 bits per heavy atom. The lowest BCUT2D eigenvalue weighted by Gasteiger charge is -2.22. The molecule has 2 aromatic rings. The van der Waals surface area contributed by atoms with Crippen molar-refractivity contribution in [3.05, 3.63) is 70.3 Å². The molecule has 0 aliphatic carbocycles. The molecule has 0 saturated heterocycles. The van der Waals surface area contributed by atoms with Crippen LogP contribution in [0.1, 0.15) is 47.7 Å². The molecule has 1 N–H and O–H groups in total. The number of hydrogen-bond acceptors (Lipinski definition) is 2. The molecular formula is C19H23NO. The first-order chi connectivity index (χ1) is 10.3. The Morgan fingerprint density at radius 2 is 1.86 bits per heavy atom. The summed E-state index contributed by atoms with van der Waals surface area (Å²) >= 11 is 0. The molecular weight excluding hydrogens is 258 g/mol. The third-order valence-corrected chi connectivity index (χ3v) is 4.23. The van der Waals surface area contributed by atoms with Crippen LogP contribution in [0.3, 0.4) is 0 Å². The van der Waals surface area contributed by atoms with Gasteiger partial charge in [0.05, 0.1) is 19.3 Å². The third kappa shape index (κ3) is 2.87. The van der Waals surface area contributed by atoms with Crippen LogP contribution < -0.4 is 5.32 Å². The van der Waals surface area contributed by atoms with Gasteiger partial charge in [0.2, 0.25) is 0 Å². The molecule has 2 nitrogen and oxygen atoms in total. The Kier molecular flexibility index (Phi) is 4.37. The molecule has 1 unspecified atom stereocenters. The third-order valence-electron chi connectivity index (χ3n) is 4.23. The minimum absolute atomic E-state index is 0.261. The van der Waals surface area contributed by atoms with E-state index >= 15 is 0 Å². The number of benzene rings is 2. The van der Waals surface area contributed by atoms with E-state index in [1.807, 2.05) is 0 Å². The van der Waals surface area contributed by atoms with Gasteiger partial charge in [0.1, 0.15) is 0 Å². The van der Waals surface area contributed by atoms with Crippen LogP contribution in [0.5, 0.6) is 0 Å². The van der Waals surface area contributed by atoms with Gasteiger partial charge in [0.25, 0.3) is 0 Å². The van der Waals surface area contributed by atoms with Crippen LogP contribution in [0.4, 0.5) is 0 Å². The number of rotatable bonds is 5. The number of nitrogens with one attached hydrogen (secondary N) is 1. The molecule has 1 aliphatic rings. The highest BCUT2D eigenvalue weighted by Gasteiger charge is 2.18.